The predicted octanol–water partition coefficient (Wildman–Crippen LogP) is 2.58. The summed E-state index contributed by atoms with van der Waals surface area (Å²) in [6.07, 6.45) is 0. The molecule has 0 saturated heterocycles. The Kier molecular flexibility index (Phi) is 3.43. The first-order chi connectivity index (χ1) is 7.92. The lowest BCUT2D eigenvalue weighted by atomic mass is 10.1. The van der Waals surface area contributed by atoms with E-state index in [0.717, 1.165) is 15.6 Å². The van der Waals surface area contributed by atoms with Crippen molar-refractivity contribution in [2.45, 2.75) is 24.8 Å². The molecule has 2 rings (SSSR count). The molecule has 1 aromatic carbocycles. The molecular formula is C12H14BrNO2S. The number of halogens is 1. The van der Waals surface area contributed by atoms with Gasteiger partial charge in [0.25, 0.3) is 0 Å². The van der Waals surface area contributed by atoms with E-state index in [9.17, 15) is 8.42 Å². The van der Waals surface area contributed by atoms with Crippen molar-refractivity contribution in [1.82, 2.24) is 5.32 Å². The summed E-state index contributed by atoms with van der Waals surface area (Å²) in [5.41, 5.74) is 1.61. The zero-order valence-corrected chi connectivity index (χ0v) is 12.1. The average Bonchev–Trinajstić information content (AvgIpc) is 2.49. The molecule has 1 heterocycles. The highest BCUT2D eigenvalue weighted by atomic mass is 79.9. The number of hydrogen-bond acceptors (Lipinski definition) is 3. The highest BCUT2D eigenvalue weighted by Gasteiger charge is 2.28. The first-order valence-corrected chi connectivity index (χ1v) is 7.73. The minimum absolute atomic E-state index is 0.324. The molecule has 0 unspecified atom stereocenters. The van der Waals surface area contributed by atoms with Gasteiger partial charge >= 0.3 is 0 Å². The molecule has 1 aliphatic rings. The lowest BCUT2D eigenvalue weighted by molar-refractivity contribution is 0.605. The van der Waals surface area contributed by atoms with Gasteiger partial charge in [0.05, 0.1) is 4.90 Å². The van der Waals surface area contributed by atoms with E-state index in [0.29, 0.717) is 17.5 Å². The van der Waals surface area contributed by atoms with Gasteiger partial charge in [0.15, 0.2) is 0 Å². The molecule has 17 heavy (non-hydrogen) atoms. The molecule has 3 nitrogen and oxygen atoms in total. The van der Waals surface area contributed by atoms with Crippen molar-refractivity contribution in [2.75, 3.05) is 6.54 Å². The molecule has 0 spiro atoms. The molecule has 1 N–H and O–H groups in total. The largest absolute Gasteiger partial charge is 0.310 e. The highest BCUT2D eigenvalue weighted by molar-refractivity contribution is 9.10. The van der Waals surface area contributed by atoms with Crippen molar-refractivity contribution < 1.29 is 8.42 Å². The molecule has 1 aliphatic heterocycles. The summed E-state index contributed by atoms with van der Waals surface area (Å²) in [7, 11) is -3.26. The fraction of sp³-hybridized carbons (Fsp3) is 0.333. The van der Waals surface area contributed by atoms with Gasteiger partial charge in [-0.2, -0.15) is 0 Å². The van der Waals surface area contributed by atoms with E-state index in [1.807, 2.05) is 19.9 Å². The molecule has 5 heteroatoms. The van der Waals surface area contributed by atoms with E-state index in [4.69, 9.17) is 0 Å². The van der Waals surface area contributed by atoms with Gasteiger partial charge < -0.3 is 5.32 Å². The van der Waals surface area contributed by atoms with Crippen LogP contribution in [0.2, 0.25) is 0 Å². The Morgan fingerprint density at radius 1 is 1.35 bits per heavy atom. The van der Waals surface area contributed by atoms with Gasteiger partial charge in [-0.05, 0) is 17.7 Å². The molecule has 0 bridgehead atoms. The standard InChI is InChI=1S/C12H14BrNO2S/c1-8(2)14-6-9-7-17(15,16)11-5-3-4-10(13)12(9)11/h3-5,7-8,14H,6H2,1-2H3. The van der Waals surface area contributed by atoms with Gasteiger partial charge in [-0.25, -0.2) is 8.42 Å². The van der Waals surface area contributed by atoms with Crippen LogP contribution in [0.15, 0.2) is 33.0 Å². The second-order valence-electron chi connectivity index (χ2n) is 4.34. The average molecular weight is 316 g/mol. The third kappa shape index (κ3) is 2.46. The number of benzene rings is 1. The zero-order valence-electron chi connectivity index (χ0n) is 9.70. The van der Waals surface area contributed by atoms with Crippen molar-refractivity contribution in [1.29, 1.82) is 0 Å². The molecule has 0 amide bonds. The number of sulfone groups is 1. The second kappa shape index (κ2) is 4.55. The summed E-state index contributed by atoms with van der Waals surface area (Å²) < 4.78 is 24.7. The smallest absolute Gasteiger partial charge is 0.200 e. The summed E-state index contributed by atoms with van der Waals surface area (Å²) in [5, 5.41) is 4.60. The van der Waals surface area contributed by atoms with Crippen LogP contribution < -0.4 is 5.32 Å². The molecule has 0 radical (unpaired) electrons. The Morgan fingerprint density at radius 2 is 2.06 bits per heavy atom. The number of hydrogen-bond donors (Lipinski definition) is 1. The van der Waals surface area contributed by atoms with Crippen molar-refractivity contribution in [3.05, 3.63) is 33.6 Å². The van der Waals surface area contributed by atoms with Gasteiger partial charge in [-0.1, -0.05) is 35.8 Å². The van der Waals surface area contributed by atoms with E-state index in [1.54, 1.807) is 12.1 Å². The fourth-order valence-corrected chi connectivity index (χ4v) is 4.06. The normalized spacial score (nSPS) is 17.1. The molecule has 0 fully saturated rings. The molecular weight excluding hydrogens is 302 g/mol. The Hall–Kier alpha value is -0.650. The van der Waals surface area contributed by atoms with Gasteiger partial charge in [0.1, 0.15) is 0 Å². The lowest BCUT2D eigenvalue weighted by Gasteiger charge is -2.10. The number of nitrogens with one attached hydrogen (secondary N) is 1. The molecule has 0 aromatic heterocycles. The summed E-state index contributed by atoms with van der Waals surface area (Å²) in [5.74, 6) is 0. The number of rotatable bonds is 3. The van der Waals surface area contributed by atoms with Crippen molar-refractivity contribution >= 4 is 31.3 Å². The van der Waals surface area contributed by atoms with Crippen LogP contribution in [0.1, 0.15) is 19.4 Å². The van der Waals surface area contributed by atoms with Crippen LogP contribution in [0.4, 0.5) is 0 Å². The van der Waals surface area contributed by atoms with Gasteiger partial charge in [-0.15, -0.1) is 0 Å². The van der Waals surface area contributed by atoms with Crippen LogP contribution in [-0.2, 0) is 9.84 Å². The van der Waals surface area contributed by atoms with Crippen molar-refractivity contribution in [3.63, 3.8) is 0 Å². The number of fused-ring (bicyclic) bond motifs is 1. The minimum atomic E-state index is -3.26. The molecule has 92 valence electrons. The molecule has 0 aliphatic carbocycles. The van der Waals surface area contributed by atoms with Crippen LogP contribution in [0.25, 0.3) is 5.57 Å². The van der Waals surface area contributed by atoms with E-state index < -0.39 is 9.84 Å². The molecule has 0 saturated carbocycles. The van der Waals surface area contributed by atoms with Crippen molar-refractivity contribution in [3.8, 4) is 0 Å². The first-order valence-electron chi connectivity index (χ1n) is 5.40. The maximum Gasteiger partial charge on any atom is 0.200 e. The van der Waals surface area contributed by atoms with E-state index in [-0.39, 0.29) is 0 Å². The summed E-state index contributed by atoms with van der Waals surface area (Å²) in [6, 6.07) is 5.58. The molecule has 1 aromatic rings. The Bertz CT molecular complexity index is 576. The topological polar surface area (TPSA) is 46.2 Å². The maximum absolute atomic E-state index is 11.9. The van der Waals surface area contributed by atoms with Gasteiger partial charge in [-0.3, -0.25) is 0 Å². The van der Waals surface area contributed by atoms with Crippen LogP contribution >= 0.6 is 15.9 Å². The fourth-order valence-electron chi connectivity index (χ4n) is 1.81. The van der Waals surface area contributed by atoms with Gasteiger partial charge in [0.2, 0.25) is 9.84 Å². The van der Waals surface area contributed by atoms with Gasteiger partial charge in [0, 0.05) is 28.0 Å². The predicted molar refractivity (Wildman–Crippen MR) is 72.4 cm³/mol. The molecule has 0 atom stereocenters. The van der Waals surface area contributed by atoms with Crippen LogP contribution in [0, 0.1) is 0 Å². The van der Waals surface area contributed by atoms with Crippen LogP contribution in [0.5, 0.6) is 0 Å². The third-order valence-corrected chi connectivity index (χ3v) is 4.81. The lowest BCUT2D eigenvalue weighted by Crippen LogP contribution is -2.24. The summed E-state index contributed by atoms with van der Waals surface area (Å²) >= 11 is 3.41. The monoisotopic (exact) mass is 315 g/mol. The third-order valence-electron chi connectivity index (χ3n) is 2.60. The van der Waals surface area contributed by atoms with E-state index >= 15 is 0 Å². The summed E-state index contributed by atoms with van der Waals surface area (Å²) in [4.78, 5) is 0.396. The Balaban J connectivity index is 2.45. The van der Waals surface area contributed by atoms with Crippen molar-refractivity contribution in [2.24, 2.45) is 0 Å². The van der Waals surface area contributed by atoms with E-state index in [1.165, 1.54) is 5.41 Å². The SMILES string of the molecule is CC(C)NCC1=CS(=O)(=O)c2cccc(Br)c21. The quantitative estimate of drug-likeness (QED) is 0.932. The second-order valence-corrected chi connectivity index (χ2v) is 6.96. The van der Waals surface area contributed by atoms with Crippen LogP contribution in [0.3, 0.4) is 0 Å². The van der Waals surface area contributed by atoms with E-state index in [2.05, 4.69) is 21.2 Å². The minimum Gasteiger partial charge on any atom is -0.310 e. The Labute approximate surface area is 110 Å². The highest BCUT2D eigenvalue weighted by Crippen LogP contribution is 2.37. The maximum atomic E-state index is 11.9. The Morgan fingerprint density at radius 3 is 2.71 bits per heavy atom. The zero-order chi connectivity index (χ0) is 12.6. The first kappa shape index (κ1) is 12.8. The summed E-state index contributed by atoms with van der Waals surface area (Å²) in [6.45, 7) is 4.63. The van der Waals surface area contributed by atoms with Crippen LogP contribution in [-0.4, -0.2) is 21.0 Å².